The van der Waals surface area contributed by atoms with E-state index in [4.69, 9.17) is 16.9 Å². The molecule has 470 valence electrons. The Labute approximate surface area is 506 Å². The monoisotopic (exact) mass is 1230 g/mol. The third kappa shape index (κ3) is 21.5. The number of aliphatic hydroxyl groups excluding tert-OH is 1. The molecular weight excluding hydrogens is 1150 g/mol. The van der Waals surface area contributed by atoms with Crippen molar-refractivity contribution in [1.82, 2.24) is 68.6 Å². The Kier molecular flexibility index (Phi) is 26.2. The number of nitrogens with two attached hydrogens (primary N) is 2. The summed E-state index contributed by atoms with van der Waals surface area (Å²) in [6.07, 6.45) is -0.710. The lowest BCUT2D eigenvalue weighted by molar-refractivity contribution is -0.142. The number of H-pyrrole nitrogens is 1. The van der Waals surface area contributed by atoms with Crippen molar-refractivity contribution in [3.63, 3.8) is 0 Å². The summed E-state index contributed by atoms with van der Waals surface area (Å²) in [6.45, 7) is 6.11. The van der Waals surface area contributed by atoms with E-state index in [9.17, 15) is 63.0 Å². The average Bonchev–Trinajstić information content (AvgIpc) is 2.40. The second-order valence-electron chi connectivity index (χ2n) is 21.2. The van der Waals surface area contributed by atoms with E-state index in [0.29, 0.717) is 16.7 Å². The number of aliphatic hydroxyl groups is 1. The lowest BCUT2D eigenvalue weighted by Gasteiger charge is -2.30. The summed E-state index contributed by atoms with van der Waals surface area (Å²) in [5.74, 6) is -9.01. The number of amides is 12. The molecule has 3 aromatic carbocycles. The molecule has 2 heterocycles. The summed E-state index contributed by atoms with van der Waals surface area (Å²) in [6, 6.07) is 9.15. The standard InChI is InChI=1S/C57H78N16O13S/c1-30(2)22-41(50(80)65-39(16-11-21-62-56(60)61-5)49(79)66-40(48(59)78)25-35-27-63-38-15-10-9-14-37(35)38)69-57(86)72-71-52(82)42(23-33-12-7-6-8-13-33)68-54(84)47(31(3)74)70-51(81)43(26-46(58)77)67-53(83)45-28-87-29-73(45)55(85)44(64-32(4)75)24-34-17-19-36(76)20-18-34/h6-10,12-15,17-20,27,30-31,39-45,47,63,74,76H,11,16,21-26,28-29H2,1-5H3,(H2,58,77)(H2,59,78)(H,64,75)(H,65,80)(H,66,79)(H,67,83)(H,68,84)(H,70,81)(H,71,82)(H3,60,61,62)(H2,69,72,86)/t31-,39+,40+,41+,42+,43+,44-,45+,47+/m1/s1. The van der Waals surface area contributed by atoms with Crippen LogP contribution in [0.15, 0.2) is 85.1 Å². The molecule has 1 fully saturated rings. The van der Waals surface area contributed by atoms with E-state index in [1.165, 1.54) is 35.7 Å². The van der Waals surface area contributed by atoms with E-state index in [1.807, 2.05) is 24.3 Å². The summed E-state index contributed by atoms with van der Waals surface area (Å²) in [5, 5.41) is 52.4. The molecule has 0 bridgehead atoms. The number of guanidine groups is 1. The number of aromatic nitrogens is 1. The van der Waals surface area contributed by atoms with Crippen LogP contribution < -0.4 is 70.2 Å². The fourth-order valence-electron chi connectivity index (χ4n) is 9.32. The number of hydrogen-bond donors (Lipinski definition) is 17. The maximum Gasteiger partial charge on any atom is 0.334 e. The first-order valence-electron chi connectivity index (χ1n) is 28.0. The van der Waals surface area contributed by atoms with Gasteiger partial charge in [0.05, 0.1) is 18.4 Å². The predicted octanol–water partition coefficient (Wildman–Crippen LogP) is -2.26. The molecule has 0 unspecified atom stereocenters. The maximum absolute atomic E-state index is 14.1. The molecule has 30 heteroatoms. The number of phenolic OH excluding ortho intramolecular Hbond substituents is 1. The zero-order valence-corrected chi connectivity index (χ0v) is 49.6. The first kappa shape index (κ1) is 68.3. The van der Waals surface area contributed by atoms with Crippen LogP contribution in [-0.4, -0.2) is 171 Å². The van der Waals surface area contributed by atoms with Crippen molar-refractivity contribution in [3.8, 4) is 5.75 Å². The van der Waals surface area contributed by atoms with Gasteiger partial charge in [-0.25, -0.2) is 10.2 Å². The Morgan fingerprint density at radius 3 is 1.95 bits per heavy atom. The molecule has 12 amide bonds. The highest BCUT2D eigenvalue weighted by Gasteiger charge is 2.41. The Bertz CT molecular complexity index is 3090. The van der Waals surface area contributed by atoms with Crippen LogP contribution in [0.4, 0.5) is 4.79 Å². The van der Waals surface area contributed by atoms with Crippen LogP contribution in [0.3, 0.4) is 0 Å². The number of benzene rings is 3. The van der Waals surface area contributed by atoms with Crippen molar-refractivity contribution < 1.29 is 63.0 Å². The van der Waals surface area contributed by atoms with Gasteiger partial charge in [0.1, 0.15) is 54.1 Å². The smallest absolute Gasteiger partial charge is 0.334 e. The van der Waals surface area contributed by atoms with E-state index in [0.717, 1.165) is 17.8 Å². The minimum Gasteiger partial charge on any atom is -0.508 e. The zero-order valence-electron chi connectivity index (χ0n) is 48.8. The number of carbonyl (C=O) groups excluding carboxylic acids is 11. The van der Waals surface area contributed by atoms with Crippen LogP contribution >= 0.6 is 11.8 Å². The van der Waals surface area contributed by atoms with Gasteiger partial charge >= 0.3 is 6.03 Å². The maximum atomic E-state index is 14.1. The van der Waals surface area contributed by atoms with Gasteiger partial charge < -0.3 is 79.4 Å². The van der Waals surface area contributed by atoms with Gasteiger partial charge in [-0.3, -0.25) is 58.8 Å². The summed E-state index contributed by atoms with van der Waals surface area (Å²) in [5.41, 5.74) is 18.3. The molecule has 19 N–H and O–H groups in total. The molecule has 1 aliphatic rings. The van der Waals surface area contributed by atoms with Crippen LogP contribution in [0, 0.1) is 11.3 Å². The lowest BCUT2D eigenvalue weighted by Crippen LogP contribution is -2.62. The van der Waals surface area contributed by atoms with Gasteiger partial charge in [0.15, 0.2) is 5.96 Å². The number of rotatable bonds is 30. The Balaban J connectivity index is 1.26. The minimum absolute atomic E-state index is 0.00232. The molecule has 5 rings (SSSR count). The number of thioether (sulfide) groups is 1. The Morgan fingerprint density at radius 1 is 0.690 bits per heavy atom. The fraction of sp³-hybridized carbons (Fsp3) is 0.439. The second kappa shape index (κ2) is 33.3. The zero-order chi connectivity index (χ0) is 63.9. The molecule has 0 radical (unpaired) electrons. The van der Waals surface area contributed by atoms with Crippen molar-refractivity contribution in [2.24, 2.45) is 17.4 Å². The first-order valence-corrected chi connectivity index (χ1v) is 29.2. The number of nitrogens with zero attached hydrogens (tertiary/aromatic N) is 1. The topological polar surface area (TPSA) is 455 Å². The highest BCUT2D eigenvalue weighted by atomic mass is 32.2. The summed E-state index contributed by atoms with van der Waals surface area (Å²) < 4.78 is 0. The van der Waals surface area contributed by atoms with Crippen molar-refractivity contribution >= 4 is 93.7 Å². The summed E-state index contributed by atoms with van der Waals surface area (Å²) in [7, 11) is 1.54. The molecule has 0 spiro atoms. The van der Waals surface area contributed by atoms with E-state index >= 15 is 0 Å². The van der Waals surface area contributed by atoms with Crippen molar-refractivity contribution in [2.75, 3.05) is 25.2 Å². The van der Waals surface area contributed by atoms with E-state index in [2.05, 4.69) is 63.7 Å². The number of hydrazine groups is 1. The summed E-state index contributed by atoms with van der Waals surface area (Å²) >= 11 is 1.20. The van der Waals surface area contributed by atoms with Crippen LogP contribution in [0.2, 0.25) is 0 Å². The van der Waals surface area contributed by atoms with Crippen LogP contribution in [0.1, 0.15) is 70.1 Å². The number of nitrogens with one attached hydrogen (secondary N) is 13. The van der Waals surface area contributed by atoms with Gasteiger partial charge in [-0.15, -0.1) is 11.8 Å². The molecule has 0 aliphatic carbocycles. The van der Waals surface area contributed by atoms with E-state index < -0.39 is 126 Å². The Morgan fingerprint density at radius 2 is 1.31 bits per heavy atom. The molecule has 1 aliphatic heterocycles. The molecule has 29 nitrogen and oxygen atoms in total. The molecule has 1 aromatic heterocycles. The lowest BCUT2D eigenvalue weighted by atomic mass is 10.0. The van der Waals surface area contributed by atoms with Gasteiger partial charge in [0.2, 0.25) is 53.2 Å². The molecule has 4 aromatic rings. The molecule has 9 atom stereocenters. The number of phenols is 1. The number of aromatic hydroxyl groups is 1. The normalized spacial score (nSPS) is 15.5. The molecule has 0 saturated carbocycles. The fourth-order valence-corrected chi connectivity index (χ4v) is 10.5. The van der Waals surface area contributed by atoms with Crippen molar-refractivity contribution in [1.29, 1.82) is 5.41 Å². The Hall–Kier alpha value is -9.45. The third-order valence-corrected chi connectivity index (χ3v) is 14.8. The van der Waals surface area contributed by atoms with Crippen LogP contribution in [0.5, 0.6) is 5.75 Å². The van der Waals surface area contributed by atoms with Gasteiger partial charge in [-0.1, -0.05) is 74.5 Å². The minimum atomic E-state index is -1.86. The quantitative estimate of drug-likeness (QED) is 0.0113. The van der Waals surface area contributed by atoms with Crippen LogP contribution in [0.25, 0.3) is 10.9 Å². The average molecular weight is 1230 g/mol. The van der Waals surface area contributed by atoms with Crippen molar-refractivity contribution in [2.45, 2.75) is 127 Å². The highest BCUT2D eigenvalue weighted by Crippen LogP contribution is 2.24. The van der Waals surface area contributed by atoms with Crippen LogP contribution in [-0.2, 0) is 67.2 Å². The largest absolute Gasteiger partial charge is 0.508 e. The first-order chi connectivity index (χ1) is 41.3. The SMILES string of the molecule is CNC(=N)NCCC[C@H](NC(=O)[C@H](CC(C)C)NC(=O)NNC(=O)[C@H](Cc1ccccc1)NC(=O)[C@@H](NC(=O)[C@H](CC(N)=O)NC(=O)[C@@H]1CSCN1C(=O)[C@@H](Cc1ccc(O)cc1)NC(C)=O)[C@@H](C)O)C(=O)N[C@@H](Cc1c[nH]c2ccccc12)C(N)=O. The number of para-hydroxylation sites is 1. The number of hydrogen-bond acceptors (Lipinski definition) is 15. The van der Waals surface area contributed by atoms with E-state index in [-0.39, 0.29) is 74.3 Å². The number of primary amides is 2. The summed E-state index contributed by atoms with van der Waals surface area (Å²) in [4.78, 5) is 153. The van der Waals surface area contributed by atoms with Crippen molar-refractivity contribution in [3.05, 3.63) is 102 Å². The number of fused-ring (bicyclic) bond motifs is 1. The molecule has 1 saturated heterocycles. The highest BCUT2D eigenvalue weighted by molar-refractivity contribution is 7.99. The molecule has 87 heavy (non-hydrogen) atoms. The van der Waals surface area contributed by atoms with Gasteiger partial charge in [0.25, 0.3) is 5.91 Å². The predicted molar refractivity (Wildman–Crippen MR) is 321 cm³/mol. The third-order valence-electron chi connectivity index (χ3n) is 13.8. The number of carbonyl (C=O) groups is 11. The van der Waals surface area contributed by atoms with Gasteiger partial charge in [0, 0.05) is 62.6 Å². The van der Waals surface area contributed by atoms with Gasteiger partial charge in [-0.05, 0) is 67.0 Å². The number of aromatic amines is 1. The second-order valence-corrected chi connectivity index (χ2v) is 22.2. The van der Waals surface area contributed by atoms with Gasteiger partial charge in [-0.2, -0.15) is 0 Å². The molecular formula is C57H78N16O13S. The number of urea groups is 1. The van der Waals surface area contributed by atoms with E-state index in [1.54, 1.807) is 69.6 Å².